The first-order valence-electron chi connectivity index (χ1n) is 18.5. The standard InChI is InChI=1S/C52H37N/c1-2-16-38(17-3-1)49-35-40(53(51-30-14-21-36-18-4-8-24-42(36)51)52-31-15-22-37-19-5-9-25-43(37)52)32-33-48(49)41-23-7-6-20-39(41)34-50-46-28-12-10-26-44(46)45-27-11-13-29-47(45)50/h1-33,35,50H,34H2. The smallest absolute Gasteiger partial charge is 0.0540 e. The highest BCUT2D eigenvalue weighted by Crippen LogP contribution is 2.48. The van der Waals surface area contributed by atoms with Gasteiger partial charge in [-0.05, 0) is 91.5 Å². The highest BCUT2D eigenvalue weighted by Gasteiger charge is 2.29. The van der Waals surface area contributed by atoms with Crippen LogP contribution in [0.25, 0.3) is 54.9 Å². The fourth-order valence-corrected chi connectivity index (χ4v) is 8.64. The summed E-state index contributed by atoms with van der Waals surface area (Å²) in [5.41, 5.74) is 15.3. The van der Waals surface area contributed by atoms with Crippen molar-refractivity contribution in [2.75, 3.05) is 4.90 Å². The molecular formula is C52H37N. The molecule has 1 aliphatic carbocycles. The summed E-state index contributed by atoms with van der Waals surface area (Å²) in [7, 11) is 0. The summed E-state index contributed by atoms with van der Waals surface area (Å²) in [6.07, 6.45) is 0.929. The van der Waals surface area contributed by atoms with Crippen molar-refractivity contribution in [3.05, 3.63) is 223 Å². The van der Waals surface area contributed by atoms with Gasteiger partial charge in [-0.3, -0.25) is 0 Å². The number of hydrogen-bond donors (Lipinski definition) is 0. The van der Waals surface area contributed by atoms with E-state index in [0.29, 0.717) is 5.92 Å². The third kappa shape index (κ3) is 5.41. The molecule has 0 bridgehead atoms. The van der Waals surface area contributed by atoms with Gasteiger partial charge in [0.15, 0.2) is 0 Å². The second-order valence-corrected chi connectivity index (χ2v) is 14.0. The van der Waals surface area contributed by atoms with Gasteiger partial charge in [0.25, 0.3) is 0 Å². The number of benzene rings is 9. The maximum atomic E-state index is 2.46. The number of rotatable bonds is 7. The largest absolute Gasteiger partial charge is 0.309 e. The van der Waals surface area contributed by atoms with Crippen LogP contribution in [-0.2, 0) is 6.42 Å². The van der Waals surface area contributed by atoms with E-state index in [4.69, 9.17) is 0 Å². The molecule has 0 saturated heterocycles. The molecule has 0 N–H and O–H groups in total. The normalized spacial score (nSPS) is 12.2. The lowest BCUT2D eigenvalue weighted by molar-refractivity contribution is 0.828. The van der Waals surface area contributed by atoms with Crippen LogP contribution >= 0.6 is 0 Å². The van der Waals surface area contributed by atoms with Crippen LogP contribution < -0.4 is 4.90 Å². The van der Waals surface area contributed by atoms with Crippen LogP contribution in [0.5, 0.6) is 0 Å². The second kappa shape index (κ2) is 13.1. The minimum Gasteiger partial charge on any atom is -0.309 e. The maximum Gasteiger partial charge on any atom is 0.0540 e. The molecule has 1 nitrogen and oxygen atoms in total. The third-order valence-corrected chi connectivity index (χ3v) is 11.1. The van der Waals surface area contributed by atoms with Crippen LogP contribution in [0.2, 0.25) is 0 Å². The molecule has 0 aliphatic heterocycles. The fourth-order valence-electron chi connectivity index (χ4n) is 8.64. The summed E-state index contributed by atoms with van der Waals surface area (Å²) in [6.45, 7) is 0. The summed E-state index contributed by atoms with van der Waals surface area (Å²) in [6, 6.07) is 75.6. The predicted octanol–water partition coefficient (Wildman–Crippen LogP) is 14.2. The number of hydrogen-bond acceptors (Lipinski definition) is 1. The Kier molecular flexibility index (Phi) is 7.69. The minimum atomic E-state index is 0.302. The summed E-state index contributed by atoms with van der Waals surface area (Å²) >= 11 is 0. The summed E-state index contributed by atoms with van der Waals surface area (Å²) < 4.78 is 0. The monoisotopic (exact) mass is 675 g/mol. The van der Waals surface area contributed by atoms with E-state index in [-0.39, 0.29) is 0 Å². The number of nitrogens with zero attached hydrogens (tertiary/aromatic N) is 1. The van der Waals surface area contributed by atoms with E-state index >= 15 is 0 Å². The minimum absolute atomic E-state index is 0.302. The van der Waals surface area contributed by atoms with Crippen molar-refractivity contribution >= 4 is 38.6 Å². The first kappa shape index (κ1) is 31.1. The fraction of sp³-hybridized carbons (Fsp3) is 0.0385. The Morgan fingerprint density at radius 3 is 1.51 bits per heavy atom. The van der Waals surface area contributed by atoms with Gasteiger partial charge in [-0.25, -0.2) is 0 Å². The molecule has 9 aromatic rings. The lowest BCUT2D eigenvalue weighted by Crippen LogP contribution is -2.11. The molecule has 1 aliphatic rings. The average molecular weight is 676 g/mol. The van der Waals surface area contributed by atoms with Crippen molar-refractivity contribution < 1.29 is 0 Å². The van der Waals surface area contributed by atoms with Crippen LogP contribution in [0.4, 0.5) is 17.1 Å². The van der Waals surface area contributed by atoms with E-state index in [2.05, 4.69) is 211 Å². The quantitative estimate of drug-likeness (QED) is 0.163. The number of fused-ring (bicyclic) bond motifs is 5. The topological polar surface area (TPSA) is 3.24 Å². The molecule has 250 valence electrons. The number of anilines is 3. The van der Waals surface area contributed by atoms with Gasteiger partial charge in [0.1, 0.15) is 0 Å². The van der Waals surface area contributed by atoms with Crippen LogP contribution in [-0.4, -0.2) is 0 Å². The molecule has 0 unspecified atom stereocenters. The first-order chi connectivity index (χ1) is 26.3. The van der Waals surface area contributed by atoms with Gasteiger partial charge >= 0.3 is 0 Å². The Balaban J connectivity index is 1.17. The zero-order valence-electron chi connectivity index (χ0n) is 29.4. The molecule has 0 aromatic heterocycles. The summed E-state index contributed by atoms with van der Waals surface area (Å²) in [4.78, 5) is 2.46. The highest BCUT2D eigenvalue weighted by molar-refractivity contribution is 6.05. The van der Waals surface area contributed by atoms with Gasteiger partial charge in [0.2, 0.25) is 0 Å². The predicted molar refractivity (Wildman–Crippen MR) is 224 cm³/mol. The van der Waals surface area contributed by atoms with Crippen molar-refractivity contribution in [2.24, 2.45) is 0 Å². The second-order valence-electron chi connectivity index (χ2n) is 14.0. The van der Waals surface area contributed by atoms with Crippen LogP contribution in [0.3, 0.4) is 0 Å². The van der Waals surface area contributed by atoms with Crippen molar-refractivity contribution in [3.63, 3.8) is 0 Å². The zero-order chi connectivity index (χ0) is 35.1. The Morgan fingerprint density at radius 1 is 0.358 bits per heavy atom. The Hall–Kier alpha value is -6.70. The van der Waals surface area contributed by atoms with Crippen molar-refractivity contribution in [3.8, 4) is 33.4 Å². The maximum absolute atomic E-state index is 2.46. The van der Waals surface area contributed by atoms with E-state index < -0.39 is 0 Å². The Bertz CT molecular complexity index is 2640. The van der Waals surface area contributed by atoms with Gasteiger partial charge in [0.05, 0.1) is 11.4 Å². The Labute approximate surface area is 311 Å². The van der Waals surface area contributed by atoms with Gasteiger partial charge < -0.3 is 4.90 Å². The van der Waals surface area contributed by atoms with E-state index in [1.165, 1.54) is 71.6 Å². The molecule has 0 fully saturated rings. The van der Waals surface area contributed by atoms with E-state index in [1.807, 2.05) is 0 Å². The third-order valence-electron chi connectivity index (χ3n) is 11.1. The molecule has 0 radical (unpaired) electrons. The van der Waals surface area contributed by atoms with Gasteiger partial charge in [-0.2, -0.15) is 0 Å². The van der Waals surface area contributed by atoms with E-state index in [1.54, 1.807) is 0 Å². The van der Waals surface area contributed by atoms with E-state index in [0.717, 1.165) is 23.5 Å². The van der Waals surface area contributed by atoms with Crippen molar-refractivity contribution in [1.29, 1.82) is 0 Å². The highest BCUT2D eigenvalue weighted by atomic mass is 15.1. The molecule has 0 atom stereocenters. The summed E-state index contributed by atoms with van der Waals surface area (Å²) in [5.74, 6) is 0.302. The first-order valence-corrected chi connectivity index (χ1v) is 18.5. The molecule has 1 heteroatoms. The lowest BCUT2D eigenvalue weighted by atomic mass is 9.85. The van der Waals surface area contributed by atoms with Gasteiger partial charge in [0, 0.05) is 22.4 Å². The van der Waals surface area contributed by atoms with Gasteiger partial charge in [-0.15, -0.1) is 0 Å². The molecule has 53 heavy (non-hydrogen) atoms. The van der Waals surface area contributed by atoms with Crippen LogP contribution in [0.15, 0.2) is 206 Å². The molecule has 9 aromatic carbocycles. The van der Waals surface area contributed by atoms with Crippen molar-refractivity contribution in [1.82, 2.24) is 0 Å². The molecular weight excluding hydrogens is 639 g/mol. The Morgan fingerprint density at radius 2 is 0.868 bits per heavy atom. The molecule has 0 amide bonds. The zero-order valence-corrected chi connectivity index (χ0v) is 29.4. The van der Waals surface area contributed by atoms with Gasteiger partial charge in [-0.1, -0.05) is 182 Å². The lowest BCUT2D eigenvalue weighted by Gasteiger charge is -2.29. The van der Waals surface area contributed by atoms with Crippen molar-refractivity contribution in [2.45, 2.75) is 12.3 Å². The van der Waals surface area contributed by atoms with Crippen LogP contribution in [0, 0.1) is 0 Å². The molecule has 0 heterocycles. The molecule has 0 saturated carbocycles. The average Bonchev–Trinajstić information content (AvgIpc) is 3.55. The summed E-state index contributed by atoms with van der Waals surface area (Å²) in [5, 5.41) is 4.88. The van der Waals surface area contributed by atoms with E-state index in [9.17, 15) is 0 Å². The molecule has 0 spiro atoms. The SMILES string of the molecule is c1ccc(-c2cc(N(c3cccc4ccccc34)c3cccc4ccccc34)ccc2-c2ccccc2CC2c3ccccc3-c3ccccc32)cc1. The van der Waals surface area contributed by atoms with Crippen LogP contribution in [0.1, 0.15) is 22.6 Å². The molecule has 10 rings (SSSR count).